The van der Waals surface area contributed by atoms with Gasteiger partial charge in [0.15, 0.2) is 11.5 Å². The number of rotatable bonds is 5. The maximum atomic E-state index is 12.6. The number of hydrogen-bond donors (Lipinski definition) is 2. The van der Waals surface area contributed by atoms with E-state index in [1.54, 1.807) is 6.07 Å². The van der Waals surface area contributed by atoms with Crippen molar-refractivity contribution >= 4 is 11.6 Å². The maximum absolute atomic E-state index is 12.6. The highest BCUT2D eigenvalue weighted by Gasteiger charge is 2.30. The summed E-state index contributed by atoms with van der Waals surface area (Å²) in [4.78, 5) is 12.0. The molecule has 0 saturated heterocycles. The molecule has 2 aromatic rings. The molecule has 0 aromatic heterocycles. The number of amides is 1. The molecular formula is C18H17F3N2O4. The predicted octanol–water partition coefficient (Wildman–Crippen LogP) is 3.58. The first-order valence-electron chi connectivity index (χ1n) is 7.65. The van der Waals surface area contributed by atoms with Gasteiger partial charge in [-0.05, 0) is 43.3 Å². The summed E-state index contributed by atoms with van der Waals surface area (Å²) in [7, 11) is 2.78. The highest BCUT2D eigenvalue weighted by atomic mass is 19.4. The molecule has 0 aliphatic rings. The SMILES string of the molecule is COc1ccc(C(C)=NNC(=O)c2ccc(C(F)(F)F)cc2)c(O)c1OC. The summed E-state index contributed by atoms with van der Waals surface area (Å²) in [6.45, 7) is 1.54. The molecule has 2 N–H and O–H groups in total. The summed E-state index contributed by atoms with van der Waals surface area (Å²) >= 11 is 0. The Morgan fingerprint density at radius 3 is 2.22 bits per heavy atom. The quantitative estimate of drug-likeness (QED) is 0.612. The molecule has 0 radical (unpaired) electrons. The van der Waals surface area contributed by atoms with Gasteiger partial charge in [-0.3, -0.25) is 4.79 Å². The fourth-order valence-corrected chi connectivity index (χ4v) is 2.27. The second-order valence-electron chi connectivity index (χ2n) is 5.41. The van der Waals surface area contributed by atoms with Crippen molar-refractivity contribution in [3.63, 3.8) is 0 Å². The van der Waals surface area contributed by atoms with E-state index in [0.717, 1.165) is 24.3 Å². The number of nitrogens with zero attached hydrogens (tertiary/aromatic N) is 1. The lowest BCUT2D eigenvalue weighted by Crippen LogP contribution is -2.19. The van der Waals surface area contributed by atoms with Crippen LogP contribution >= 0.6 is 0 Å². The van der Waals surface area contributed by atoms with Crippen LogP contribution < -0.4 is 14.9 Å². The number of hydrogen-bond acceptors (Lipinski definition) is 5. The van der Waals surface area contributed by atoms with Gasteiger partial charge in [0.2, 0.25) is 5.75 Å². The van der Waals surface area contributed by atoms with Crippen molar-refractivity contribution in [2.45, 2.75) is 13.1 Å². The van der Waals surface area contributed by atoms with E-state index in [2.05, 4.69) is 10.5 Å². The molecule has 1 amide bonds. The van der Waals surface area contributed by atoms with Gasteiger partial charge < -0.3 is 14.6 Å². The first kappa shape index (κ1) is 20.1. The highest BCUT2D eigenvalue weighted by Crippen LogP contribution is 2.39. The Kier molecular flexibility index (Phi) is 5.94. The molecule has 2 aromatic carbocycles. The first-order chi connectivity index (χ1) is 12.7. The summed E-state index contributed by atoms with van der Waals surface area (Å²) in [5.41, 5.74) is 1.94. The lowest BCUT2D eigenvalue weighted by atomic mass is 10.1. The fourth-order valence-electron chi connectivity index (χ4n) is 2.27. The average molecular weight is 382 g/mol. The van der Waals surface area contributed by atoms with Crippen LogP contribution in [0.3, 0.4) is 0 Å². The smallest absolute Gasteiger partial charge is 0.416 e. The van der Waals surface area contributed by atoms with E-state index in [1.807, 2.05) is 0 Å². The third kappa shape index (κ3) is 4.49. The summed E-state index contributed by atoms with van der Waals surface area (Å²) < 4.78 is 47.8. The van der Waals surface area contributed by atoms with Crippen LogP contribution in [0.4, 0.5) is 13.2 Å². The van der Waals surface area contributed by atoms with Crippen LogP contribution in [0.15, 0.2) is 41.5 Å². The minimum absolute atomic E-state index is 0.0103. The lowest BCUT2D eigenvalue weighted by Gasteiger charge is -2.12. The maximum Gasteiger partial charge on any atom is 0.416 e. The molecule has 0 heterocycles. The van der Waals surface area contributed by atoms with E-state index in [9.17, 15) is 23.1 Å². The minimum atomic E-state index is -4.48. The van der Waals surface area contributed by atoms with Gasteiger partial charge >= 0.3 is 6.18 Å². The predicted molar refractivity (Wildman–Crippen MR) is 92.3 cm³/mol. The molecule has 0 saturated carbocycles. The first-order valence-corrected chi connectivity index (χ1v) is 7.65. The number of phenolic OH excluding ortho intramolecular Hbond substituents is 1. The molecular weight excluding hydrogens is 365 g/mol. The Labute approximate surface area is 153 Å². The highest BCUT2D eigenvalue weighted by molar-refractivity contribution is 6.03. The number of nitrogens with one attached hydrogen (secondary N) is 1. The van der Waals surface area contributed by atoms with E-state index < -0.39 is 17.6 Å². The van der Waals surface area contributed by atoms with Crippen molar-refractivity contribution in [1.82, 2.24) is 5.43 Å². The average Bonchev–Trinajstić information content (AvgIpc) is 2.64. The molecule has 0 fully saturated rings. The number of carbonyl (C=O) groups is 1. The van der Waals surface area contributed by atoms with Crippen LogP contribution in [0.2, 0.25) is 0 Å². The van der Waals surface area contributed by atoms with Crippen molar-refractivity contribution in [1.29, 1.82) is 0 Å². The Morgan fingerprint density at radius 2 is 1.70 bits per heavy atom. The lowest BCUT2D eigenvalue weighted by molar-refractivity contribution is -0.137. The second-order valence-corrected chi connectivity index (χ2v) is 5.41. The zero-order valence-corrected chi connectivity index (χ0v) is 14.7. The molecule has 9 heteroatoms. The van der Waals surface area contributed by atoms with Crippen molar-refractivity contribution in [2.24, 2.45) is 5.10 Å². The largest absolute Gasteiger partial charge is 0.504 e. The Morgan fingerprint density at radius 1 is 1.07 bits per heavy atom. The van der Waals surface area contributed by atoms with Gasteiger partial charge in [-0.15, -0.1) is 0 Å². The molecule has 144 valence electrons. The normalized spacial score (nSPS) is 11.9. The number of benzene rings is 2. The van der Waals surface area contributed by atoms with E-state index in [0.29, 0.717) is 11.3 Å². The van der Waals surface area contributed by atoms with Crippen LogP contribution in [0.5, 0.6) is 17.2 Å². The van der Waals surface area contributed by atoms with Crippen LogP contribution in [-0.2, 0) is 6.18 Å². The number of methoxy groups -OCH3 is 2. The van der Waals surface area contributed by atoms with E-state index >= 15 is 0 Å². The zero-order valence-electron chi connectivity index (χ0n) is 14.7. The zero-order chi connectivity index (χ0) is 20.2. The summed E-state index contributed by atoms with van der Waals surface area (Å²) in [5.74, 6) is -0.483. The van der Waals surface area contributed by atoms with E-state index in [4.69, 9.17) is 9.47 Å². The van der Waals surface area contributed by atoms with Gasteiger partial charge in [0, 0.05) is 11.1 Å². The number of carbonyl (C=O) groups excluding carboxylic acids is 1. The molecule has 6 nitrogen and oxygen atoms in total. The van der Waals surface area contributed by atoms with Gasteiger partial charge in [0.05, 0.1) is 25.5 Å². The van der Waals surface area contributed by atoms with Gasteiger partial charge in [0.1, 0.15) is 0 Å². The molecule has 2 rings (SSSR count). The molecule has 0 aliphatic carbocycles. The standard InChI is InChI=1S/C18H17F3N2O4/c1-10(13-8-9-14(26-2)16(27-3)15(13)24)22-23-17(25)11-4-6-12(7-5-11)18(19,20)21/h4-9,24H,1-3H3,(H,23,25). The molecule has 0 unspecified atom stereocenters. The Balaban J connectivity index is 2.19. The van der Waals surface area contributed by atoms with E-state index in [1.165, 1.54) is 27.2 Å². The Hall–Kier alpha value is -3.23. The third-order valence-corrected chi connectivity index (χ3v) is 3.71. The number of phenols is 1. The minimum Gasteiger partial charge on any atom is -0.504 e. The summed E-state index contributed by atoms with van der Waals surface area (Å²) in [6, 6.07) is 6.81. The van der Waals surface area contributed by atoms with E-state index in [-0.39, 0.29) is 22.8 Å². The van der Waals surface area contributed by atoms with Crippen LogP contribution in [0, 0.1) is 0 Å². The van der Waals surface area contributed by atoms with Gasteiger partial charge in [-0.25, -0.2) is 5.43 Å². The number of hydrazone groups is 1. The number of halogens is 3. The van der Waals surface area contributed by atoms with Gasteiger partial charge in [-0.2, -0.15) is 18.3 Å². The van der Waals surface area contributed by atoms with Crippen LogP contribution in [0.25, 0.3) is 0 Å². The van der Waals surface area contributed by atoms with Gasteiger partial charge in [0.25, 0.3) is 5.91 Å². The Bertz CT molecular complexity index is 862. The number of aromatic hydroxyl groups is 1. The second kappa shape index (κ2) is 7.98. The molecule has 27 heavy (non-hydrogen) atoms. The van der Waals surface area contributed by atoms with Crippen molar-refractivity contribution in [2.75, 3.05) is 14.2 Å². The summed E-state index contributed by atoms with van der Waals surface area (Å²) in [5, 5.41) is 14.1. The monoisotopic (exact) mass is 382 g/mol. The third-order valence-electron chi connectivity index (χ3n) is 3.71. The molecule has 0 aliphatic heterocycles. The van der Waals surface area contributed by atoms with Crippen molar-refractivity contribution in [3.05, 3.63) is 53.1 Å². The van der Waals surface area contributed by atoms with Crippen LogP contribution in [-0.4, -0.2) is 30.9 Å². The number of ether oxygens (including phenoxy) is 2. The molecule has 0 atom stereocenters. The topological polar surface area (TPSA) is 80.2 Å². The van der Waals surface area contributed by atoms with Crippen LogP contribution in [0.1, 0.15) is 28.4 Å². The van der Waals surface area contributed by atoms with Crippen molar-refractivity contribution in [3.8, 4) is 17.2 Å². The van der Waals surface area contributed by atoms with Crippen molar-refractivity contribution < 1.29 is 32.5 Å². The molecule has 0 bridgehead atoms. The fraction of sp³-hybridized carbons (Fsp3) is 0.222. The van der Waals surface area contributed by atoms with Gasteiger partial charge in [-0.1, -0.05) is 0 Å². The number of alkyl halides is 3. The molecule has 0 spiro atoms. The summed E-state index contributed by atoms with van der Waals surface area (Å²) in [6.07, 6.45) is -4.48.